The van der Waals surface area contributed by atoms with Crippen molar-refractivity contribution in [1.82, 2.24) is 5.32 Å². The normalized spacial score (nSPS) is 19.1. The monoisotopic (exact) mass is 313 g/mol. The topological polar surface area (TPSA) is 29.1 Å². The van der Waals surface area contributed by atoms with Crippen molar-refractivity contribution in [3.8, 4) is 0 Å². The fourth-order valence-corrected chi connectivity index (χ4v) is 2.72. The van der Waals surface area contributed by atoms with Crippen LogP contribution in [0.2, 0.25) is 0 Å². The van der Waals surface area contributed by atoms with Gasteiger partial charge in [-0.2, -0.15) is 0 Å². The lowest BCUT2D eigenvalue weighted by atomic mass is 9.98. The summed E-state index contributed by atoms with van der Waals surface area (Å²) >= 11 is 3.19. The van der Waals surface area contributed by atoms with Crippen LogP contribution in [-0.2, 0) is 11.2 Å². The molecule has 1 fully saturated rings. The summed E-state index contributed by atoms with van der Waals surface area (Å²) in [6.07, 6.45) is 3.02. The first-order valence-electron chi connectivity index (χ1n) is 6.32. The Bertz CT molecular complexity index is 430. The van der Waals surface area contributed by atoms with E-state index in [0.29, 0.717) is 23.2 Å². The van der Waals surface area contributed by atoms with Crippen LogP contribution in [0.15, 0.2) is 22.7 Å². The molecule has 0 saturated carbocycles. The average molecular weight is 314 g/mol. The predicted octanol–water partition coefficient (Wildman–Crippen LogP) is 3.09. The van der Waals surface area contributed by atoms with Crippen molar-refractivity contribution >= 4 is 21.7 Å². The van der Waals surface area contributed by atoms with Gasteiger partial charge < -0.3 is 5.32 Å². The third-order valence-electron chi connectivity index (χ3n) is 3.41. The maximum atomic E-state index is 13.3. The first kappa shape index (κ1) is 13.7. The van der Waals surface area contributed by atoms with Crippen molar-refractivity contribution in [2.24, 2.45) is 5.92 Å². The number of nitrogens with one attached hydrogen (secondary N) is 1. The zero-order valence-electron chi connectivity index (χ0n) is 10.2. The first-order chi connectivity index (χ1) is 8.66. The largest absolute Gasteiger partial charge is 0.316 e. The van der Waals surface area contributed by atoms with E-state index in [1.807, 2.05) is 0 Å². The molecule has 1 saturated heterocycles. The number of rotatable bonds is 5. The zero-order chi connectivity index (χ0) is 13.0. The summed E-state index contributed by atoms with van der Waals surface area (Å²) in [6.45, 7) is 2.09. The molecule has 1 unspecified atom stereocenters. The van der Waals surface area contributed by atoms with Crippen LogP contribution in [0.4, 0.5) is 4.39 Å². The average Bonchev–Trinajstić information content (AvgIpc) is 2.86. The van der Waals surface area contributed by atoms with Crippen LogP contribution in [-0.4, -0.2) is 18.9 Å². The lowest BCUT2D eigenvalue weighted by Gasteiger charge is -2.08. The van der Waals surface area contributed by atoms with Crippen LogP contribution in [0.25, 0.3) is 0 Å². The molecule has 0 radical (unpaired) electrons. The summed E-state index contributed by atoms with van der Waals surface area (Å²) in [5.74, 6) is 0.512. The minimum Gasteiger partial charge on any atom is -0.316 e. The van der Waals surface area contributed by atoms with Crippen molar-refractivity contribution in [2.75, 3.05) is 13.1 Å². The second-order valence-electron chi connectivity index (χ2n) is 4.83. The van der Waals surface area contributed by atoms with Crippen molar-refractivity contribution in [3.63, 3.8) is 0 Å². The van der Waals surface area contributed by atoms with Gasteiger partial charge in [-0.05, 0) is 59.4 Å². The molecule has 0 spiro atoms. The Labute approximate surface area is 115 Å². The van der Waals surface area contributed by atoms with Crippen LogP contribution >= 0.6 is 15.9 Å². The Morgan fingerprint density at radius 3 is 3.06 bits per heavy atom. The summed E-state index contributed by atoms with van der Waals surface area (Å²) in [6, 6.07) is 4.83. The number of carbonyl (C=O) groups excluding carboxylic acids is 1. The van der Waals surface area contributed by atoms with E-state index in [0.717, 1.165) is 31.5 Å². The molecule has 0 bridgehead atoms. The van der Waals surface area contributed by atoms with Gasteiger partial charge in [-0.15, -0.1) is 0 Å². The maximum Gasteiger partial charge on any atom is 0.137 e. The van der Waals surface area contributed by atoms with Gasteiger partial charge >= 0.3 is 0 Å². The van der Waals surface area contributed by atoms with Gasteiger partial charge in [0.05, 0.1) is 4.47 Å². The van der Waals surface area contributed by atoms with Gasteiger partial charge in [0.15, 0.2) is 0 Å². The van der Waals surface area contributed by atoms with Gasteiger partial charge in [-0.1, -0.05) is 12.1 Å². The van der Waals surface area contributed by atoms with Gasteiger partial charge in [-0.25, -0.2) is 4.39 Å². The highest BCUT2D eigenvalue weighted by molar-refractivity contribution is 9.10. The highest BCUT2D eigenvalue weighted by atomic mass is 79.9. The van der Waals surface area contributed by atoms with Crippen LogP contribution < -0.4 is 5.32 Å². The highest BCUT2D eigenvalue weighted by Crippen LogP contribution is 2.22. The summed E-state index contributed by atoms with van der Waals surface area (Å²) < 4.78 is 13.7. The number of carbonyl (C=O) groups is 1. The molecule has 1 heterocycles. The zero-order valence-corrected chi connectivity index (χ0v) is 11.8. The number of Topliss-reactive ketones (excluding diaryl/α,β-unsaturated/α-hetero) is 1. The Balaban J connectivity index is 1.84. The Morgan fingerprint density at radius 1 is 1.50 bits per heavy atom. The molecule has 2 rings (SSSR count). The third-order valence-corrected chi connectivity index (χ3v) is 4.30. The smallest absolute Gasteiger partial charge is 0.137 e. The molecule has 2 nitrogen and oxygen atoms in total. The third kappa shape index (κ3) is 3.62. The quantitative estimate of drug-likeness (QED) is 0.905. The molecule has 1 atom stereocenters. The van der Waals surface area contributed by atoms with Crippen molar-refractivity contribution in [1.29, 1.82) is 0 Å². The number of hydrogen-bond donors (Lipinski definition) is 1. The summed E-state index contributed by atoms with van der Waals surface area (Å²) in [5.41, 5.74) is 0.740. The Hall–Kier alpha value is -0.740. The molecule has 1 N–H and O–H groups in total. The molecular weight excluding hydrogens is 297 g/mol. The molecule has 1 aromatic carbocycles. The van der Waals surface area contributed by atoms with Gasteiger partial charge in [0.1, 0.15) is 11.6 Å². The van der Waals surface area contributed by atoms with E-state index < -0.39 is 0 Å². The van der Waals surface area contributed by atoms with E-state index in [9.17, 15) is 9.18 Å². The van der Waals surface area contributed by atoms with Gasteiger partial charge in [-0.3, -0.25) is 4.79 Å². The van der Waals surface area contributed by atoms with Crippen LogP contribution in [0.5, 0.6) is 0 Å². The molecule has 4 heteroatoms. The minimum absolute atomic E-state index is 0.188. The minimum atomic E-state index is -0.305. The van der Waals surface area contributed by atoms with E-state index in [2.05, 4.69) is 21.2 Å². The summed E-state index contributed by atoms with van der Waals surface area (Å²) in [4.78, 5) is 11.9. The van der Waals surface area contributed by atoms with Crippen LogP contribution in [0.1, 0.15) is 24.8 Å². The molecule has 98 valence electrons. The van der Waals surface area contributed by atoms with E-state index in [-0.39, 0.29) is 11.6 Å². The summed E-state index contributed by atoms with van der Waals surface area (Å²) in [7, 11) is 0. The van der Waals surface area contributed by atoms with E-state index in [1.54, 1.807) is 12.1 Å². The molecule has 1 aliphatic heterocycles. The predicted molar refractivity (Wildman–Crippen MR) is 73.0 cm³/mol. The SMILES string of the molecule is O=C(CCC1CCNC1)Cc1cccc(F)c1Br. The molecular formula is C14H17BrFNO. The van der Waals surface area contributed by atoms with Crippen molar-refractivity contribution < 1.29 is 9.18 Å². The van der Waals surface area contributed by atoms with Crippen LogP contribution in [0.3, 0.4) is 0 Å². The van der Waals surface area contributed by atoms with Crippen molar-refractivity contribution in [3.05, 3.63) is 34.1 Å². The second kappa shape index (κ2) is 6.43. The lowest BCUT2D eigenvalue weighted by Crippen LogP contribution is -2.11. The molecule has 18 heavy (non-hydrogen) atoms. The highest BCUT2D eigenvalue weighted by Gasteiger charge is 2.16. The van der Waals surface area contributed by atoms with E-state index >= 15 is 0 Å². The molecule has 0 amide bonds. The van der Waals surface area contributed by atoms with E-state index in [1.165, 1.54) is 6.07 Å². The van der Waals surface area contributed by atoms with Gasteiger partial charge in [0, 0.05) is 12.8 Å². The van der Waals surface area contributed by atoms with Gasteiger partial charge in [0.25, 0.3) is 0 Å². The first-order valence-corrected chi connectivity index (χ1v) is 7.11. The lowest BCUT2D eigenvalue weighted by molar-refractivity contribution is -0.118. The molecule has 1 aliphatic rings. The standard InChI is InChI=1S/C14H17BrFNO/c15-14-11(2-1-3-13(14)16)8-12(18)5-4-10-6-7-17-9-10/h1-3,10,17H,4-9H2. The fraction of sp³-hybridized carbons (Fsp3) is 0.500. The fourth-order valence-electron chi connectivity index (χ4n) is 2.31. The Kier molecular flexibility index (Phi) is 4.89. The van der Waals surface area contributed by atoms with Crippen LogP contribution in [0, 0.1) is 11.7 Å². The maximum absolute atomic E-state index is 13.3. The number of halogens is 2. The van der Waals surface area contributed by atoms with E-state index in [4.69, 9.17) is 0 Å². The Morgan fingerprint density at radius 2 is 2.33 bits per heavy atom. The summed E-state index contributed by atoms with van der Waals surface area (Å²) in [5, 5.41) is 3.29. The number of hydrogen-bond acceptors (Lipinski definition) is 2. The molecule has 0 aliphatic carbocycles. The molecule has 1 aromatic rings. The van der Waals surface area contributed by atoms with Gasteiger partial charge in [0.2, 0.25) is 0 Å². The molecule has 0 aromatic heterocycles. The van der Waals surface area contributed by atoms with Crippen molar-refractivity contribution in [2.45, 2.75) is 25.7 Å². The second-order valence-corrected chi connectivity index (χ2v) is 5.62. The number of benzene rings is 1. The number of ketones is 1.